The Labute approximate surface area is 80.3 Å². The summed E-state index contributed by atoms with van der Waals surface area (Å²) in [5.74, 6) is 1.29. The highest BCUT2D eigenvalue weighted by atomic mass is 16.1. The SMILES string of the molecule is CC1CCN(C2CC(C=O)C2)CC1. The van der Waals surface area contributed by atoms with Crippen LogP contribution in [0.25, 0.3) is 0 Å². The Morgan fingerprint density at radius 3 is 2.38 bits per heavy atom. The van der Waals surface area contributed by atoms with Crippen molar-refractivity contribution in [1.82, 2.24) is 4.90 Å². The van der Waals surface area contributed by atoms with Gasteiger partial charge < -0.3 is 9.69 Å². The van der Waals surface area contributed by atoms with Crippen molar-refractivity contribution in [2.75, 3.05) is 13.1 Å². The van der Waals surface area contributed by atoms with Gasteiger partial charge >= 0.3 is 0 Å². The molecule has 2 fully saturated rings. The summed E-state index contributed by atoms with van der Waals surface area (Å²) in [5, 5.41) is 0. The zero-order valence-electron chi connectivity index (χ0n) is 8.41. The summed E-state index contributed by atoms with van der Waals surface area (Å²) in [7, 11) is 0. The van der Waals surface area contributed by atoms with E-state index in [4.69, 9.17) is 0 Å². The zero-order valence-corrected chi connectivity index (χ0v) is 8.41. The lowest BCUT2D eigenvalue weighted by Crippen LogP contribution is -2.48. The molecular formula is C11H19NO. The third-order valence-corrected chi connectivity index (χ3v) is 3.68. The number of likely N-dealkylation sites (tertiary alicyclic amines) is 1. The summed E-state index contributed by atoms with van der Waals surface area (Å²) in [6.07, 6.45) is 6.07. The number of aldehydes is 1. The Balaban J connectivity index is 1.74. The summed E-state index contributed by atoms with van der Waals surface area (Å²) in [6.45, 7) is 4.86. The third kappa shape index (κ3) is 1.93. The van der Waals surface area contributed by atoms with E-state index >= 15 is 0 Å². The standard InChI is InChI=1S/C11H19NO/c1-9-2-4-12(5-3-9)11-6-10(7-11)8-13/h8-11H,2-7H2,1H3. The maximum Gasteiger partial charge on any atom is 0.123 e. The molecule has 0 aromatic carbocycles. The van der Waals surface area contributed by atoms with E-state index < -0.39 is 0 Å². The first-order valence-electron chi connectivity index (χ1n) is 5.49. The highest BCUT2D eigenvalue weighted by Gasteiger charge is 2.34. The van der Waals surface area contributed by atoms with Crippen molar-refractivity contribution < 1.29 is 4.79 Å². The van der Waals surface area contributed by atoms with Gasteiger partial charge in [0.05, 0.1) is 0 Å². The van der Waals surface area contributed by atoms with Crippen molar-refractivity contribution in [3.05, 3.63) is 0 Å². The Hall–Kier alpha value is -0.370. The van der Waals surface area contributed by atoms with Crippen LogP contribution in [0, 0.1) is 11.8 Å². The predicted octanol–water partition coefficient (Wildman–Crippen LogP) is 1.70. The number of carbonyl (C=O) groups excluding carboxylic acids is 1. The van der Waals surface area contributed by atoms with Gasteiger partial charge in [0.2, 0.25) is 0 Å². The van der Waals surface area contributed by atoms with Crippen LogP contribution < -0.4 is 0 Å². The van der Waals surface area contributed by atoms with Gasteiger partial charge in [-0.2, -0.15) is 0 Å². The highest BCUT2D eigenvalue weighted by molar-refractivity contribution is 5.55. The molecule has 0 unspecified atom stereocenters. The lowest BCUT2D eigenvalue weighted by molar-refractivity contribution is -0.115. The van der Waals surface area contributed by atoms with Crippen LogP contribution in [0.3, 0.4) is 0 Å². The Bertz CT molecular complexity index is 179. The highest BCUT2D eigenvalue weighted by Crippen LogP contribution is 2.32. The third-order valence-electron chi connectivity index (χ3n) is 3.68. The number of piperidine rings is 1. The normalized spacial score (nSPS) is 37.0. The van der Waals surface area contributed by atoms with Crippen LogP contribution in [0.1, 0.15) is 32.6 Å². The first kappa shape index (κ1) is 9.20. The van der Waals surface area contributed by atoms with Crippen molar-refractivity contribution in [2.24, 2.45) is 11.8 Å². The van der Waals surface area contributed by atoms with Crippen LogP contribution in [-0.4, -0.2) is 30.3 Å². The van der Waals surface area contributed by atoms with Gasteiger partial charge in [-0.25, -0.2) is 0 Å². The summed E-state index contributed by atoms with van der Waals surface area (Å²) in [4.78, 5) is 13.0. The van der Waals surface area contributed by atoms with Crippen molar-refractivity contribution in [2.45, 2.75) is 38.6 Å². The summed E-state index contributed by atoms with van der Waals surface area (Å²) < 4.78 is 0. The number of hydrogen-bond donors (Lipinski definition) is 0. The second kappa shape index (κ2) is 3.79. The minimum absolute atomic E-state index is 0.379. The fourth-order valence-electron chi connectivity index (χ4n) is 2.43. The van der Waals surface area contributed by atoms with Gasteiger partial charge in [-0.05, 0) is 44.7 Å². The molecule has 0 amide bonds. The maximum atomic E-state index is 10.4. The minimum atomic E-state index is 0.379. The molecule has 0 aromatic rings. The van der Waals surface area contributed by atoms with Gasteiger partial charge in [0, 0.05) is 12.0 Å². The number of rotatable bonds is 2. The van der Waals surface area contributed by atoms with Crippen LogP contribution in [0.2, 0.25) is 0 Å². The van der Waals surface area contributed by atoms with Crippen molar-refractivity contribution >= 4 is 6.29 Å². The molecule has 0 spiro atoms. The molecule has 1 aliphatic carbocycles. The minimum Gasteiger partial charge on any atom is -0.303 e. The van der Waals surface area contributed by atoms with Gasteiger partial charge in [-0.3, -0.25) is 0 Å². The fourth-order valence-corrected chi connectivity index (χ4v) is 2.43. The second-order valence-corrected chi connectivity index (χ2v) is 4.74. The summed E-state index contributed by atoms with van der Waals surface area (Å²) in [5.41, 5.74) is 0. The predicted molar refractivity (Wildman–Crippen MR) is 52.5 cm³/mol. The molecule has 2 heteroatoms. The van der Waals surface area contributed by atoms with E-state index in [1.165, 1.54) is 25.9 Å². The Morgan fingerprint density at radius 1 is 1.23 bits per heavy atom. The summed E-state index contributed by atoms with van der Waals surface area (Å²) >= 11 is 0. The van der Waals surface area contributed by atoms with Crippen LogP contribution in [0.5, 0.6) is 0 Å². The first-order valence-corrected chi connectivity index (χ1v) is 5.49. The molecule has 1 saturated heterocycles. The second-order valence-electron chi connectivity index (χ2n) is 4.74. The summed E-state index contributed by atoms with van der Waals surface area (Å²) in [6, 6.07) is 0.739. The maximum absolute atomic E-state index is 10.4. The monoisotopic (exact) mass is 181 g/mol. The van der Waals surface area contributed by atoms with Crippen LogP contribution in [0.15, 0.2) is 0 Å². The largest absolute Gasteiger partial charge is 0.303 e. The molecule has 2 rings (SSSR count). The van der Waals surface area contributed by atoms with Gasteiger partial charge in [0.1, 0.15) is 6.29 Å². The Kier molecular flexibility index (Phi) is 2.68. The van der Waals surface area contributed by atoms with E-state index in [-0.39, 0.29) is 0 Å². The van der Waals surface area contributed by atoms with E-state index in [9.17, 15) is 4.79 Å². The van der Waals surface area contributed by atoms with Gasteiger partial charge in [0.25, 0.3) is 0 Å². The van der Waals surface area contributed by atoms with E-state index in [0.29, 0.717) is 5.92 Å². The first-order chi connectivity index (χ1) is 6.29. The number of hydrogen-bond acceptors (Lipinski definition) is 2. The van der Waals surface area contributed by atoms with Crippen LogP contribution >= 0.6 is 0 Å². The number of carbonyl (C=O) groups is 1. The zero-order chi connectivity index (χ0) is 9.26. The molecule has 0 radical (unpaired) electrons. The van der Waals surface area contributed by atoms with Crippen molar-refractivity contribution in [3.63, 3.8) is 0 Å². The molecule has 0 N–H and O–H groups in total. The fraction of sp³-hybridized carbons (Fsp3) is 0.909. The van der Waals surface area contributed by atoms with Gasteiger partial charge in [-0.15, -0.1) is 0 Å². The molecular weight excluding hydrogens is 162 g/mol. The topological polar surface area (TPSA) is 20.3 Å². The number of nitrogens with zero attached hydrogens (tertiary/aromatic N) is 1. The van der Waals surface area contributed by atoms with E-state index in [1.54, 1.807) is 0 Å². The lowest BCUT2D eigenvalue weighted by atomic mass is 9.79. The molecule has 1 heterocycles. The molecule has 2 nitrogen and oxygen atoms in total. The molecule has 1 aliphatic heterocycles. The molecule has 74 valence electrons. The molecule has 0 aromatic heterocycles. The quantitative estimate of drug-likeness (QED) is 0.604. The van der Waals surface area contributed by atoms with E-state index in [2.05, 4.69) is 11.8 Å². The molecule has 2 aliphatic rings. The smallest absolute Gasteiger partial charge is 0.123 e. The van der Waals surface area contributed by atoms with Crippen LogP contribution in [0.4, 0.5) is 0 Å². The van der Waals surface area contributed by atoms with Crippen LogP contribution in [-0.2, 0) is 4.79 Å². The average Bonchev–Trinajstić information content (AvgIpc) is 2.06. The average molecular weight is 181 g/mol. The van der Waals surface area contributed by atoms with Crippen molar-refractivity contribution in [3.8, 4) is 0 Å². The van der Waals surface area contributed by atoms with E-state index in [1.807, 2.05) is 0 Å². The Morgan fingerprint density at radius 2 is 1.85 bits per heavy atom. The molecule has 1 saturated carbocycles. The van der Waals surface area contributed by atoms with Gasteiger partial charge in [-0.1, -0.05) is 6.92 Å². The van der Waals surface area contributed by atoms with E-state index in [0.717, 1.165) is 31.1 Å². The van der Waals surface area contributed by atoms with Gasteiger partial charge in [0.15, 0.2) is 0 Å². The lowest BCUT2D eigenvalue weighted by Gasteiger charge is -2.43. The molecule has 0 atom stereocenters. The molecule has 0 bridgehead atoms. The van der Waals surface area contributed by atoms with Crippen molar-refractivity contribution in [1.29, 1.82) is 0 Å². The molecule has 13 heavy (non-hydrogen) atoms.